The van der Waals surface area contributed by atoms with Gasteiger partial charge in [0.05, 0.1) is 36.0 Å². The first-order valence-electron chi connectivity index (χ1n) is 20.7. The van der Waals surface area contributed by atoms with Crippen molar-refractivity contribution in [2.45, 2.75) is 97.9 Å². The summed E-state index contributed by atoms with van der Waals surface area (Å²) in [6.07, 6.45) is 9.75. The highest BCUT2D eigenvalue weighted by Gasteiger charge is 2.41. The molecule has 12 heteroatoms. The molecule has 2 amide bonds. The van der Waals surface area contributed by atoms with Crippen LogP contribution in [0.3, 0.4) is 0 Å². The molecule has 0 spiro atoms. The SMILES string of the molecule is CCn1c(-c2cc(N3CCN(C)CC3)cnc2[C@H](C)OC)c2c3cc(ccc31)/C=C/CC[C@H](NC(=O)[C@H]1C[C@@H]1C)C(=O)N1CCC[C@H](N1)C(=O)OCC(C)(C)C2. The molecule has 3 aliphatic heterocycles. The Kier molecular flexibility index (Phi) is 11.9. The zero-order valence-electron chi connectivity index (χ0n) is 34.4. The monoisotopic (exact) mass is 767 g/mol. The number of hydrazine groups is 1. The normalized spacial score (nSPS) is 26.1. The van der Waals surface area contributed by atoms with E-state index in [2.05, 4.69) is 103 Å². The number of aromatic nitrogens is 2. The van der Waals surface area contributed by atoms with Gasteiger partial charge in [-0.15, -0.1) is 0 Å². The summed E-state index contributed by atoms with van der Waals surface area (Å²) in [5, 5.41) is 5.73. The molecule has 1 aliphatic carbocycles. The van der Waals surface area contributed by atoms with Gasteiger partial charge in [-0.05, 0) is 94.7 Å². The van der Waals surface area contributed by atoms with E-state index in [1.54, 1.807) is 7.11 Å². The molecule has 5 atom stereocenters. The van der Waals surface area contributed by atoms with Gasteiger partial charge in [-0.25, -0.2) is 5.43 Å². The number of carbonyl (C=O) groups is 3. The maximum absolute atomic E-state index is 13.9. The van der Waals surface area contributed by atoms with Crippen LogP contribution in [0.15, 0.2) is 36.5 Å². The summed E-state index contributed by atoms with van der Waals surface area (Å²) in [5.41, 5.74) is 10.3. The second-order valence-corrected chi connectivity index (χ2v) is 17.3. The molecule has 3 aromatic rings. The van der Waals surface area contributed by atoms with E-state index in [1.807, 2.05) is 6.20 Å². The number of cyclic esters (lactones) is 1. The molecule has 56 heavy (non-hydrogen) atoms. The Hall–Kier alpha value is -4.26. The number of fused-ring (bicyclic) bond motifs is 3. The van der Waals surface area contributed by atoms with E-state index < -0.39 is 17.5 Å². The molecule has 5 heterocycles. The first kappa shape index (κ1) is 40.0. The quantitative estimate of drug-likeness (QED) is 0.290. The predicted molar refractivity (Wildman–Crippen MR) is 220 cm³/mol. The lowest BCUT2D eigenvalue weighted by Gasteiger charge is -2.35. The third kappa shape index (κ3) is 8.52. The Morgan fingerprint density at radius 2 is 1.89 bits per heavy atom. The van der Waals surface area contributed by atoms with Gasteiger partial charge in [0.15, 0.2) is 0 Å². The fourth-order valence-electron chi connectivity index (χ4n) is 8.59. The molecule has 2 saturated heterocycles. The van der Waals surface area contributed by atoms with E-state index in [-0.39, 0.29) is 36.4 Å². The number of benzene rings is 1. The van der Waals surface area contributed by atoms with Crippen LogP contribution in [0.1, 0.15) is 89.6 Å². The largest absolute Gasteiger partial charge is 0.464 e. The number of anilines is 1. The van der Waals surface area contributed by atoms with Gasteiger partial charge in [-0.3, -0.25) is 24.4 Å². The summed E-state index contributed by atoms with van der Waals surface area (Å²) in [6, 6.07) is 7.58. The van der Waals surface area contributed by atoms with Gasteiger partial charge in [-0.2, -0.15) is 0 Å². The number of aryl methyl sites for hydroxylation is 1. The molecule has 3 fully saturated rings. The van der Waals surface area contributed by atoms with Crippen LogP contribution in [-0.4, -0.2) is 103 Å². The minimum atomic E-state index is -0.700. The smallest absolute Gasteiger partial charge is 0.324 e. The molecule has 4 aliphatic rings. The molecule has 7 rings (SSSR count). The van der Waals surface area contributed by atoms with Crippen LogP contribution in [-0.2, 0) is 36.8 Å². The lowest BCUT2D eigenvalue weighted by atomic mass is 9.84. The van der Waals surface area contributed by atoms with Crippen molar-refractivity contribution < 1.29 is 23.9 Å². The van der Waals surface area contributed by atoms with Crippen LogP contribution >= 0.6 is 0 Å². The molecule has 1 saturated carbocycles. The molecular formula is C44H61N7O5. The number of hydrogen-bond acceptors (Lipinski definition) is 9. The molecule has 2 aromatic heterocycles. The summed E-state index contributed by atoms with van der Waals surface area (Å²) in [6.45, 7) is 15.9. The standard InChI is InChI=1S/C44H61N7O5/c1-8-50-38-16-15-30-12-9-10-13-36(46-41(52)32-22-28(32)2)42(53)51-17-11-14-37(47-51)43(54)56-27-44(4,5)25-35(33(38)23-30)40(50)34-24-31(26-45-39(34)29(3)55-7)49-20-18-48(6)19-21-49/h9,12,15-16,23-24,26,28-29,32,36-37,47H,8,10-11,13-14,17-22,25,27H2,1-7H3,(H,46,52)/b12-9+/t28-,29-,32-,36-,37-/m0/s1. The fourth-order valence-corrected chi connectivity index (χ4v) is 8.59. The number of rotatable bonds is 7. The minimum Gasteiger partial charge on any atom is -0.464 e. The number of likely N-dealkylation sites (N-methyl/N-ethyl adjacent to an activating group) is 1. The van der Waals surface area contributed by atoms with E-state index in [4.69, 9.17) is 14.5 Å². The van der Waals surface area contributed by atoms with Gasteiger partial charge in [0.2, 0.25) is 5.91 Å². The number of hydrogen-bond donors (Lipinski definition) is 2. The summed E-state index contributed by atoms with van der Waals surface area (Å²) in [4.78, 5) is 50.6. The highest BCUT2D eigenvalue weighted by molar-refractivity contribution is 5.94. The molecule has 0 radical (unpaired) electrons. The number of esters is 1. The molecule has 0 unspecified atom stereocenters. The van der Waals surface area contributed by atoms with Crippen LogP contribution < -0.4 is 15.6 Å². The van der Waals surface area contributed by atoms with Crippen molar-refractivity contribution in [3.05, 3.63) is 53.4 Å². The van der Waals surface area contributed by atoms with Gasteiger partial charge in [0, 0.05) is 74.2 Å². The Balaban J connectivity index is 1.32. The Morgan fingerprint density at radius 1 is 1.12 bits per heavy atom. The van der Waals surface area contributed by atoms with Crippen molar-refractivity contribution in [2.24, 2.45) is 17.3 Å². The lowest BCUT2D eigenvalue weighted by Crippen LogP contribution is -2.60. The lowest BCUT2D eigenvalue weighted by molar-refractivity contribution is -0.155. The zero-order valence-corrected chi connectivity index (χ0v) is 34.4. The number of nitrogens with zero attached hydrogens (tertiary/aromatic N) is 5. The van der Waals surface area contributed by atoms with E-state index in [1.165, 1.54) is 10.6 Å². The highest BCUT2D eigenvalue weighted by Crippen LogP contribution is 2.42. The third-order valence-corrected chi connectivity index (χ3v) is 12.3. The number of pyridine rings is 1. The van der Waals surface area contributed by atoms with Crippen molar-refractivity contribution in [1.29, 1.82) is 0 Å². The first-order chi connectivity index (χ1) is 26.9. The summed E-state index contributed by atoms with van der Waals surface area (Å²) in [7, 11) is 3.90. The highest BCUT2D eigenvalue weighted by atomic mass is 16.5. The maximum Gasteiger partial charge on any atom is 0.324 e. The molecule has 4 bridgehead atoms. The van der Waals surface area contributed by atoms with Crippen LogP contribution in [0.25, 0.3) is 28.2 Å². The minimum absolute atomic E-state index is 0.0492. The van der Waals surface area contributed by atoms with Crippen LogP contribution in [0, 0.1) is 17.3 Å². The predicted octanol–water partition coefficient (Wildman–Crippen LogP) is 5.74. The van der Waals surface area contributed by atoms with E-state index in [0.29, 0.717) is 44.6 Å². The summed E-state index contributed by atoms with van der Waals surface area (Å²) in [5.74, 6) is -0.376. The number of methoxy groups -OCH3 is 1. The van der Waals surface area contributed by atoms with Gasteiger partial charge in [0.1, 0.15) is 12.1 Å². The number of nitrogens with one attached hydrogen (secondary N) is 2. The summed E-state index contributed by atoms with van der Waals surface area (Å²) >= 11 is 0. The van der Waals surface area contributed by atoms with Crippen molar-refractivity contribution in [1.82, 2.24) is 30.2 Å². The van der Waals surface area contributed by atoms with E-state index in [0.717, 1.165) is 78.2 Å². The Morgan fingerprint density at radius 3 is 2.61 bits per heavy atom. The average molecular weight is 768 g/mol. The number of carbonyl (C=O) groups excluding carboxylic acids is 3. The molecule has 12 nitrogen and oxygen atoms in total. The van der Waals surface area contributed by atoms with Crippen LogP contribution in [0.5, 0.6) is 0 Å². The number of ether oxygens (including phenoxy) is 2. The zero-order chi connectivity index (χ0) is 39.7. The second kappa shape index (κ2) is 16.7. The maximum atomic E-state index is 13.9. The van der Waals surface area contributed by atoms with Crippen molar-refractivity contribution >= 4 is 40.4 Å². The van der Waals surface area contributed by atoms with Gasteiger partial charge < -0.3 is 29.2 Å². The number of amides is 2. The topological polar surface area (TPSA) is 121 Å². The first-order valence-corrected chi connectivity index (χ1v) is 20.7. The second-order valence-electron chi connectivity index (χ2n) is 17.3. The van der Waals surface area contributed by atoms with Crippen molar-refractivity contribution in [3.8, 4) is 11.3 Å². The van der Waals surface area contributed by atoms with Crippen molar-refractivity contribution in [3.63, 3.8) is 0 Å². The molecule has 1 aromatic carbocycles. The van der Waals surface area contributed by atoms with Gasteiger partial charge >= 0.3 is 5.97 Å². The Labute approximate surface area is 331 Å². The fraction of sp³-hybridized carbons (Fsp3) is 0.591. The third-order valence-electron chi connectivity index (χ3n) is 12.3. The number of allylic oxidation sites excluding steroid dienone is 1. The molecule has 302 valence electrons. The summed E-state index contributed by atoms with van der Waals surface area (Å²) < 4.78 is 14.5. The van der Waals surface area contributed by atoms with Gasteiger partial charge in [-0.1, -0.05) is 39.0 Å². The van der Waals surface area contributed by atoms with Crippen LogP contribution in [0.2, 0.25) is 0 Å². The molecular weight excluding hydrogens is 707 g/mol. The van der Waals surface area contributed by atoms with E-state index >= 15 is 0 Å². The van der Waals surface area contributed by atoms with Gasteiger partial charge in [0.25, 0.3) is 5.91 Å². The number of piperazine rings is 1. The van der Waals surface area contributed by atoms with Crippen LogP contribution in [0.4, 0.5) is 5.69 Å². The van der Waals surface area contributed by atoms with E-state index in [9.17, 15) is 14.4 Å². The Bertz CT molecular complexity index is 1960. The average Bonchev–Trinajstić information content (AvgIpc) is 3.87. The molecule has 2 N–H and O–H groups in total. The van der Waals surface area contributed by atoms with Crippen molar-refractivity contribution in [2.75, 3.05) is 58.4 Å².